The van der Waals surface area contributed by atoms with Crippen molar-refractivity contribution in [3.8, 4) is 11.1 Å². The van der Waals surface area contributed by atoms with Gasteiger partial charge in [-0.2, -0.15) is 0 Å². The van der Waals surface area contributed by atoms with Crippen molar-refractivity contribution in [2.24, 2.45) is 5.92 Å². The number of pyridine rings is 1. The van der Waals surface area contributed by atoms with Crippen LogP contribution in [0.5, 0.6) is 0 Å². The number of amides is 1. The van der Waals surface area contributed by atoms with Crippen LogP contribution in [0.15, 0.2) is 42.7 Å². The van der Waals surface area contributed by atoms with Gasteiger partial charge >= 0.3 is 0 Å². The Kier molecular flexibility index (Phi) is 4.37. The van der Waals surface area contributed by atoms with E-state index in [0.29, 0.717) is 11.4 Å². The number of carbonyl (C=O) groups is 1. The molecular weight excluding hydrogens is 274 g/mol. The van der Waals surface area contributed by atoms with Gasteiger partial charge in [0.2, 0.25) is 5.91 Å². The van der Waals surface area contributed by atoms with Gasteiger partial charge in [0.25, 0.3) is 0 Å². The molecule has 0 radical (unpaired) electrons. The molecule has 0 atom stereocenters. The first-order valence-electron chi connectivity index (χ1n) is 7.85. The Morgan fingerprint density at radius 2 is 1.95 bits per heavy atom. The second-order valence-electron chi connectivity index (χ2n) is 5.87. The highest BCUT2D eigenvalue weighted by Crippen LogP contribution is 2.29. The number of rotatable bonds is 3. The minimum Gasteiger partial charge on any atom is -0.397 e. The van der Waals surface area contributed by atoms with Gasteiger partial charge in [-0.1, -0.05) is 31.4 Å². The van der Waals surface area contributed by atoms with Gasteiger partial charge in [-0.05, 0) is 36.6 Å². The summed E-state index contributed by atoms with van der Waals surface area (Å²) >= 11 is 0. The van der Waals surface area contributed by atoms with Crippen molar-refractivity contribution in [2.75, 3.05) is 11.1 Å². The fourth-order valence-electron chi connectivity index (χ4n) is 2.98. The van der Waals surface area contributed by atoms with Crippen molar-refractivity contribution >= 4 is 17.3 Å². The second kappa shape index (κ2) is 6.60. The van der Waals surface area contributed by atoms with Gasteiger partial charge in [0.1, 0.15) is 0 Å². The summed E-state index contributed by atoms with van der Waals surface area (Å²) in [6, 6.07) is 9.59. The van der Waals surface area contributed by atoms with Gasteiger partial charge in [-0.15, -0.1) is 0 Å². The predicted molar refractivity (Wildman–Crippen MR) is 89.3 cm³/mol. The number of nitrogens with two attached hydrogens (primary N) is 1. The molecule has 0 spiro atoms. The topological polar surface area (TPSA) is 68.0 Å². The number of nitrogens with one attached hydrogen (secondary N) is 1. The molecule has 1 aromatic heterocycles. The number of nitrogens with zero attached hydrogens (tertiary/aromatic N) is 1. The van der Waals surface area contributed by atoms with Crippen LogP contribution in [-0.2, 0) is 4.79 Å². The third kappa shape index (κ3) is 3.27. The average molecular weight is 295 g/mol. The van der Waals surface area contributed by atoms with Crippen molar-refractivity contribution in [1.29, 1.82) is 0 Å². The maximum absolute atomic E-state index is 12.4. The molecule has 1 saturated carbocycles. The molecule has 1 aliphatic carbocycles. The summed E-state index contributed by atoms with van der Waals surface area (Å²) in [5.74, 6) is 0.213. The summed E-state index contributed by atoms with van der Waals surface area (Å²) in [5, 5.41) is 3.01. The van der Waals surface area contributed by atoms with Crippen LogP contribution in [-0.4, -0.2) is 10.9 Å². The lowest BCUT2D eigenvalue weighted by Gasteiger charge is -2.21. The number of anilines is 2. The average Bonchev–Trinajstić information content (AvgIpc) is 2.58. The second-order valence-corrected chi connectivity index (χ2v) is 5.87. The lowest BCUT2D eigenvalue weighted by atomic mass is 9.88. The van der Waals surface area contributed by atoms with Gasteiger partial charge in [-0.3, -0.25) is 9.78 Å². The van der Waals surface area contributed by atoms with Gasteiger partial charge in [-0.25, -0.2) is 0 Å². The molecule has 0 bridgehead atoms. The first kappa shape index (κ1) is 14.6. The van der Waals surface area contributed by atoms with Gasteiger partial charge in [0, 0.05) is 23.9 Å². The van der Waals surface area contributed by atoms with Crippen molar-refractivity contribution in [2.45, 2.75) is 32.1 Å². The van der Waals surface area contributed by atoms with Crippen molar-refractivity contribution in [3.05, 3.63) is 42.7 Å². The zero-order valence-corrected chi connectivity index (χ0v) is 12.6. The normalized spacial score (nSPS) is 15.5. The maximum atomic E-state index is 12.4. The van der Waals surface area contributed by atoms with E-state index in [4.69, 9.17) is 5.73 Å². The molecule has 1 amide bonds. The van der Waals surface area contributed by atoms with Crippen LogP contribution < -0.4 is 11.1 Å². The Morgan fingerprint density at radius 1 is 1.14 bits per heavy atom. The number of aromatic nitrogens is 1. The number of hydrogen-bond acceptors (Lipinski definition) is 3. The SMILES string of the molecule is Nc1ccc(-c2cccnc2)cc1NC(=O)C1CCCCC1. The van der Waals surface area contributed by atoms with Crippen LogP contribution in [0.4, 0.5) is 11.4 Å². The van der Waals surface area contributed by atoms with E-state index in [-0.39, 0.29) is 11.8 Å². The molecule has 1 aromatic carbocycles. The van der Waals surface area contributed by atoms with Crippen molar-refractivity contribution in [1.82, 2.24) is 4.98 Å². The van der Waals surface area contributed by atoms with E-state index in [1.807, 2.05) is 30.3 Å². The fraction of sp³-hybridized carbons (Fsp3) is 0.333. The standard InChI is InChI=1S/C18H21N3O/c19-16-9-8-14(15-7-4-10-20-12-15)11-17(16)21-18(22)13-5-2-1-3-6-13/h4,7-13H,1-3,5-6,19H2,(H,21,22). The minimum absolute atomic E-state index is 0.0923. The highest BCUT2D eigenvalue weighted by molar-refractivity contribution is 5.96. The summed E-state index contributed by atoms with van der Waals surface area (Å²) < 4.78 is 0. The largest absolute Gasteiger partial charge is 0.397 e. The molecular formula is C18H21N3O. The highest BCUT2D eigenvalue weighted by Gasteiger charge is 2.21. The number of benzene rings is 1. The number of carbonyl (C=O) groups excluding carboxylic acids is 1. The summed E-state index contributed by atoms with van der Waals surface area (Å²) in [6.45, 7) is 0. The Balaban J connectivity index is 1.79. The molecule has 0 saturated heterocycles. The summed E-state index contributed by atoms with van der Waals surface area (Å²) in [6.07, 6.45) is 9.03. The Morgan fingerprint density at radius 3 is 2.68 bits per heavy atom. The monoisotopic (exact) mass is 295 g/mol. The van der Waals surface area contributed by atoms with E-state index in [9.17, 15) is 4.79 Å². The van der Waals surface area contributed by atoms with E-state index in [1.54, 1.807) is 12.4 Å². The molecule has 1 fully saturated rings. The van der Waals surface area contributed by atoms with Crippen molar-refractivity contribution < 1.29 is 4.79 Å². The third-order valence-corrected chi connectivity index (χ3v) is 4.28. The van der Waals surface area contributed by atoms with E-state index in [0.717, 1.165) is 36.8 Å². The first-order chi connectivity index (χ1) is 10.7. The summed E-state index contributed by atoms with van der Waals surface area (Å²) in [5.41, 5.74) is 9.31. The van der Waals surface area contributed by atoms with E-state index >= 15 is 0 Å². The van der Waals surface area contributed by atoms with Crippen LogP contribution in [0.25, 0.3) is 11.1 Å². The van der Waals surface area contributed by atoms with Crippen LogP contribution >= 0.6 is 0 Å². The van der Waals surface area contributed by atoms with Gasteiger partial charge < -0.3 is 11.1 Å². The molecule has 0 unspecified atom stereocenters. The highest BCUT2D eigenvalue weighted by atomic mass is 16.1. The predicted octanol–water partition coefficient (Wildman–Crippen LogP) is 3.85. The van der Waals surface area contributed by atoms with Crippen molar-refractivity contribution in [3.63, 3.8) is 0 Å². The lowest BCUT2D eigenvalue weighted by molar-refractivity contribution is -0.120. The molecule has 2 aromatic rings. The Bertz CT molecular complexity index is 649. The zero-order chi connectivity index (χ0) is 15.4. The quantitative estimate of drug-likeness (QED) is 0.845. The lowest BCUT2D eigenvalue weighted by Crippen LogP contribution is -2.25. The molecule has 0 aliphatic heterocycles. The van der Waals surface area contributed by atoms with Gasteiger partial charge in [0.15, 0.2) is 0 Å². The molecule has 3 N–H and O–H groups in total. The minimum atomic E-state index is 0.0923. The van der Waals surface area contributed by atoms with E-state index in [2.05, 4.69) is 10.3 Å². The van der Waals surface area contributed by atoms with Crippen LogP contribution in [0.2, 0.25) is 0 Å². The number of nitrogen functional groups attached to an aromatic ring is 1. The van der Waals surface area contributed by atoms with Crippen LogP contribution in [0, 0.1) is 5.92 Å². The smallest absolute Gasteiger partial charge is 0.227 e. The molecule has 3 rings (SSSR count). The van der Waals surface area contributed by atoms with Crippen LogP contribution in [0.1, 0.15) is 32.1 Å². The summed E-state index contributed by atoms with van der Waals surface area (Å²) in [4.78, 5) is 16.5. The fourth-order valence-corrected chi connectivity index (χ4v) is 2.98. The molecule has 1 aliphatic rings. The van der Waals surface area contributed by atoms with Crippen LogP contribution in [0.3, 0.4) is 0 Å². The van der Waals surface area contributed by atoms with E-state index < -0.39 is 0 Å². The van der Waals surface area contributed by atoms with Gasteiger partial charge in [0.05, 0.1) is 11.4 Å². The Hall–Kier alpha value is -2.36. The first-order valence-corrected chi connectivity index (χ1v) is 7.85. The molecule has 1 heterocycles. The summed E-state index contributed by atoms with van der Waals surface area (Å²) in [7, 11) is 0. The molecule has 22 heavy (non-hydrogen) atoms. The maximum Gasteiger partial charge on any atom is 0.227 e. The Labute approximate surface area is 130 Å². The molecule has 4 heteroatoms. The van der Waals surface area contributed by atoms with E-state index in [1.165, 1.54) is 6.42 Å². The number of hydrogen-bond donors (Lipinski definition) is 2. The third-order valence-electron chi connectivity index (χ3n) is 4.28. The molecule has 114 valence electrons. The molecule has 4 nitrogen and oxygen atoms in total. The zero-order valence-electron chi connectivity index (χ0n) is 12.6.